The molecule has 1 unspecified atom stereocenters. The van der Waals surface area contributed by atoms with Gasteiger partial charge < -0.3 is 28.9 Å². The lowest BCUT2D eigenvalue weighted by Crippen LogP contribution is -2.43. The Labute approximate surface area is 338 Å². The van der Waals surface area contributed by atoms with E-state index in [0.29, 0.717) is 78.6 Å². The Morgan fingerprint density at radius 2 is 1.70 bits per heavy atom. The van der Waals surface area contributed by atoms with E-state index in [9.17, 15) is 0 Å². The number of fused-ring (bicyclic) bond motifs is 3. The van der Waals surface area contributed by atoms with Gasteiger partial charge in [-0.15, -0.1) is 5.54 Å². The van der Waals surface area contributed by atoms with Crippen molar-refractivity contribution >= 4 is 30.4 Å². The number of pyridine rings is 1. The van der Waals surface area contributed by atoms with Crippen LogP contribution in [0.3, 0.4) is 0 Å². The van der Waals surface area contributed by atoms with Crippen molar-refractivity contribution in [2.24, 2.45) is 0 Å². The van der Waals surface area contributed by atoms with E-state index in [0.717, 1.165) is 58.5 Å². The van der Waals surface area contributed by atoms with Crippen LogP contribution in [0.25, 0.3) is 10.8 Å². The van der Waals surface area contributed by atoms with Crippen molar-refractivity contribution in [2.45, 2.75) is 116 Å². The zero-order valence-corrected chi connectivity index (χ0v) is 36.1. The minimum atomic E-state index is -2.18. The zero-order chi connectivity index (χ0) is 40.6. The third kappa shape index (κ3) is 7.95. The summed E-state index contributed by atoms with van der Waals surface area (Å²) < 4.78 is 49.2. The highest BCUT2D eigenvalue weighted by Gasteiger charge is 2.42. The number of likely N-dealkylation sites (N-methyl/N-ethyl adjacent to an activating group) is 1. The summed E-state index contributed by atoms with van der Waals surface area (Å²) in [7, 11) is 1.53. The van der Waals surface area contributed by atoms with E-state index in [4.69, 9.17) is 24.2 Å². The maximum atomic E-state index is 16.3. The summed E-state index contributed by atoms with van der Waals surface area (Å²) in [6, 6.07) is 7.90. The number of halogens is 2. The van der Waals surface area contributed by atoms with Crippen LogP contribution in [0.4, 0.5) is 20.3 Å². The first kappa shape index (κ1) is 40.9. The Morgan fingerprint density at radius 1 is 0.930 bits per heavy atom. The van der Waals surface area contributed by atoms with Gasteiger partial charge in [-0.1, -0.05) is 53.5 Å². The number of likely N-dealkylation sites (tertiary alicyclic amines) is 1. The van der Waals surface area contributed by atoms with Crippen LogP contribution < -0.4 is 19.3 Å². The summed E-state index contributed by atoms with van der Waals surface area (Å²) in [6.45, 7) is 18.8. The molecule has 0 N–H and O–H groups in total. The Bertz CT molecular complexity index is 2150. The normalized spacial score (nSPS) is 18.6. The van der Waals surface area contributed by atoms with Crippen LogP contribution in [-0.2, 0) is 30.7 Å². The number of rotatable bonds is 11. The number of methoxy groups -OCH3 is 1. The summed E-state index contributed by atoms with van der Waals surface area (Å²) >= 11 is 0. The molecule has 3 aliphatic rings. The van der Waals surface area contributed by atoms with Crippen LogP contribution in [0.2, 0.25) is 16.6 Å². The van der Waals surface area contributed by atoms with Gasteiger partial charge in [0.05, 0.1) is 29.7 Å². The third-order valence-corrected chi connectivity index (χ3v) is 19.1. The molecule has 0 aliphatic carbocycles. The topological polar surface area (TPSA) is 76.1 Å². The molecule has 304 valence electrons. The van der Waals surface area contributed by atoms with Gasteiger partial charge in [0.1, 0.15) is 37.9 Å². The summed E-state index contributed by atoms with van der Waals surface area (Å²) in [5.74, 6) is 4.24. The van der Waals surface area contributed by atoms with E-state index in [1.807, 2.05) is 18.2 Å². The van der Waals surface area contributed by atoms with Crippen molar-refractivity contribution in [1.29, 1.82) is 0 Å². The third-order valence-electron chi connectivity index (χ3n) is 12.8. The molecule has 12 heteroatoms. The van der Waals surface area contributed by atoms with Crippen molar-refractivity contribution in [2.75, 3.05) is 50.4 Å². The van der Waals surface area contributed by atoms with Crippen molar-refractivity contribution < 1.29 is 23.0 Å². The van der Waals surface area contributed by atoms with Gasteiger partial charge in [-0.3, -0.25) is 4.98 Å². The van der Waals surface area contributed by atoms with Gasteiger partial charge >= 0.3 is 6.01 Å². The molecule has 1 fully saturated rings. The SMILES string of the molecule is COCOc1cc(N2CCc3c(nc(OC[C@@H]4CCCN4C)nc3N3Cc4c(F)cncc4CC3C)C2)c2c(C#C[Si](C(C)C)(C(C)C)C(C)C)c(F)ccc2c1. The predicted molar refractivity (Wildman–Crippen MR) is 226 cm³/mol. The van der Waals surface area contributed by atoms with Gasteiger partial charge in [0.15, 0.2) is 6.79 Å². The Hall–Kier alpha value is -4.31. The predicted octanol–water partition coefficient (Wildman–Crippen LogP) is 8.84. The number of ether oxygens (including phenoxy) is 3. The molecule has 5 heterocycles. The second kappa shape index (κ2) is 16.9. The highest BCUT2D eigenvalue weighted by Crippen LogP contribution is 2.43. The zero-order valence-electron chi connectivity index (χ0n) is 35.1. The average molecular weight is 797 g/mol. The molecule has 0 amide bonds. The minimum absolute atomic E-state index is 0.0489. The first-order chi connectivity index (χ1) is 27.3. The van der Waals surface area contributed by atoms with Gasteiger partial charge in [0.2, 0.25) is 0 Å². The van der Waals surface area contributed by atoms with Gasteiger partial charge in [0, 0.05) is 61.1 Å². The van der Waals surface area contributed by atoms with Gasteiger partial charge in [0.25, 0.3) is 0 Å². The number of hydrogen-bond donors (Lipinski definition) is 0. The summed E-state index contributed by atoms with van der Waals surface area (Å²) in [5.41, 5.74) is 9.66. The molecule has 2 atom stereocenters. The first-order valence-electron chi connectivity index (χ1n) is 20.6. The number of aromatic nitrogens is 3. The Morgan fingerprint density at radius 3 is 2.40 bits per heavy atom. The van der Waals surface area contributed by atoms with Gasteiger partial charge in [-0.25, -0.2) is 8.78 Å². The Balaban J connectivity index is 1.34. The molecular weight excluding hydrogens is 739 g/mol. The highest BCUT2D eigenvalue weighted by molar-refractivity contribution is 6.90. The van der Waals surface area contributed by atoms with E-state index < -0.39 is 8.07 Å². The van der Waals surface area contributed by atoms with E-state index in [1.165, 1.54) is 12.3 Å². The number of hydrogen-bond acceptors (Lipinski definition) is 9. The second-order valence-corrected chi connectivity index (χ2v) is 22.7. The van der Waals surface area contributed by atoms with E-state index in [-0.39, 0.29) is 30.5 Å². The first-order valence-corrected chi connectivity index (χ1v) is 22.8. The van der Waals surface area contributed by atoms with Crippen molar-refractivity contribution in [3.05, 3.63) is 76.2 Å². The second-order valence-electron chi connectivity index (χ2n) is 17.1. The number of benzene rings is 2. The molecule has 9 nitrogen and oxygen atoms in total. The lowest BCUT2D eigenvalue weighted by molar-refractivity contribution is 0.0512. The van der Waals surface area contributed by atoms with Gasteiger partial charge in [-0.05, 0) is 85.9 Å². The monoisotopic (exact) mass is 796 g/mol. The number of anilines is 2. The molecule has 2 aromatic heterocycles. The van der Waals surface area contributed by atoms with Crippen LogP contribution in [0.5, 0.6) is 11.8 Å². The molecule has 2 aromatic carbocycles. The van der Waals surface area contributed by atoms with Crippen LogP contribution >= 0.6 is 0 Å². The van der Waals surface area contributed by atoms with E-state index in [2.05, 4.69) is 86.7 Å². The van der Waals surface area contributed by atoms with Crippen LogP contribution in [-0.4, -0.2) is 80.7 Å². The lowest BCUT2D eigenvalue weighted by atomic mass is 9.94. The van der Waals surface area contributed by atoms with Crippen LogP contribution in [0, 0.1) is 23.1 Å². The molecule has 7 rings (SSSR count). The maximum absolute atomic E-state index is 16.3. The molecule has 0 radical (unpaired) electrons. The highest BCUT2D eigenvalue weighted by atomic mass is 28.3. The Kier molecular flexibility index (Phi) is 12.1. The molecule has 0 saturated carbocycles. The molecule has 57 heavy (non-hydrogen) atoms. The minimum Gasteiger partial charge on any atom is -0.467 e. The summed E-state index contributed by atoms with van der Waals surface area (Å²) in [4.78, 5) is 21.1. The van der Waals surface area contributed by atoms with Crippen LogP contribution in [0.1, 0.15) is 89.3 Å². The molecule has 4 aromatic rings. The smallest absolute Gasteiger partial charge is 0.318 e. The fraction of sp³-hybridized carbons (Fsp3) is 0.533. The molecular formula is C45H58F2N6O3Si. The fourth-order valence-electron chi connectivity index (χ4n) is 9.73. The van der Waals surface area contributed by atoms with Crippen molar-refractivity contribution in [3.8, 4) is 23.2 Å². The summed E-state index contributed by atoms with van der Waals surface area (Å²) in [5, 5.41) is 1.60. The van der Waals surface area contributed by atoms with E-state index >= 15 is 8.78 Å². The summed E-state index contributed by atoms with van der Waals surface area (Å²) in [6.07, 6.45) is 6.53. The lowest BCUT2D eigenvalue weighted by Gasteiger charge is -2.39. The van der Waals surface area contributed by atoms with Crippen molar-refractivity contribution in [1.82, 2.24) is 19.9 Å². The molecule has 1 saturated heterocycles. The number of nitrogens with zero attached hydrogens (tertiary/aromatic N) is 6. The average Bonchev–Trinajstić information content (AvgIpc) is 3.59. The maximum Gasteiger partial charge on any atom is 0.318 e. The van der Waals surface area contributed by atoms with Crippen LogP contribution in [0.15, 0.2) is 36.7 Å². The molecule has 0 spiro atoms. The van der Waals surface area contributed by atoms with E-state index in [1.54, 1.807) is 13.3 Å². The quantitative estimate of drug-likeness (QED) is 0.0841. The standard InChI is InChI=1S/C45H58F2N6O3Si/c1-28(2)57(29(3)4,30(5)6)18-15-36-39(46)13-12-32-20-35(56-27-54-9)21-42(43(32)36)52-17-14-37-41(25-52)49-45(55-26-34-11-10-16-51(34)8)50-44(37)53-24-38-33(19-31(53)7)22-48-23-40(38)47/h12-13,20-23,28-31,34H,10-11,14,16-17,19,24-27H2,1-9H3/t31?,34-/m0/s1. The molecule has 0 bridgehead atoms. The largest absolute Gasteiger partial charge is 0.467 e. The molecule has 3 aliphatic heterocycles. The fourth-order valence-corrected chi connectivity index (χ4v) is 14.9. The van der Waals surface area contributed by atoms with Crippen molar-refractivity contribution in [3.63, 3.8) is 0 Å². The van der Waals surface area contributed by atoms with Gasteiger partial charge in [-0.2, -0.15) is 9.97 Å².